The van der Waals surface area contributed by atoms with E-state index in [2.05, 4.69) is 5.32 Å². The standard InChI is InChI=1S/C14H21ClN2O2/c1-10(8-15)9-17-12(19)14(6-4-5-7-14)16-11(18)13(17,2)3/h8H,4-7,9H2,1-3H3,(H,16,18). The number of nitrogens with zero attached hydrogens (tertiary/aromatic N) is 1. The van der Waals surface area contributed by atoms with Crippen molar-refractivity contribution in [3.8, 4) is 0 Å². The van der Waals surface area contributed by atoms with Gasteiger partial charge in [0, 0.05) is 12.1 Å². The fraction of sp³-hybridized carbons (Fsp3) is 0.714. The van der Waals surface area contributed by atoms with Crippen LogP contribution in [0.25, 0.3) is 0 Å². The van der Waals surface area contributed by atoms with E-state index in [4.69, 9.17) is 11.6 Å². The van der Waals surface area contributed by atoms with Gasteiger partial charge in [-0.1, -0.05) is 24.4 Å². The summed E-state index contributed by atoms with van der Waals surface area (Å²) in [5.41, 5.74) is 0.855. The number of halogens is 1. The topological polar surface area (TPSA) is 49.4 Å². The molecule has 1 spiro atoms. The number of piperazine rings is 1. The minimum atomic E-state index is -0.827. The number of carbonyl (C=O) groups is 2. The minimum Gasteiger partial charge on any atom is -0.340 e. The van der Waals surface area contributed by atoms with Crippen LogP contribution in [-0.2, 0) is 9.59 Å². The number of carbonyl (C=O) groups excluding carboxylic acids is 2. The van der Waals surface area contributed by atoms with Gasteiger partial charge in [0.1, 0.15) is 11.1 Å². The van der Waals surface area contributed by atoms with Crippen molar-refractivity contribution in [1.29, 1.82) is 0 Å². The van der Waals surface area contributed by atoms with Crippen molar-refractivity contribution in [2.45, 2.75) is 57.5 Å². The molecule has 19 heavy (non-hydrogen) atoms. The average Bonchev–Trinajstić information content (AvgIpc) is 2.82. The molecule has 0 aromatic rings. The summed E-state index contributed by atoms with van der Waals surface area (Å²) in [4.78, 5) is 26.8. The first-order chi connectivity index (χ1) is 8.83. The van der Waals surface area contributed by atoms with Crippen LogP contribution in [0.4, 0.5) is 0 Å². The lowest BCUT2D eigenvalue weighted by molar-refractivity contribution is -0.160. The van der Waals surface area contributed by atoms with Crippen molar-refractivity contribution in [2.75, 3.05) is 6.54 Å². The van der Waals surface area contributed by atoms with Crippen molar-refractivity contribution in [3.63, 3.8) is 0 Å². The maximum Gasteiger partial charge on any atom is 0.249 e. The van der Waals surface area contributed by atoms with E-state index in [1.807, 2.05) is 6.92 Å². The Labute approximate surface area is 119 Å². The third kappa shape index (κ3) is 2.27. The van der Waals surface area contributed by atoms with Gasteiger partial charge in [-0.25, -0.2) is 0 Å². The summed E-state index contributed by atoms with van der Waals surface area (Å²) in [5, 5.41) is 2.97. The van der Waals surface area contributed by atoms with Crippen LogP contribution in [0.5, 0.6) is 0 Å². The van der Waals surface area contributed by atoms with Crippen LogP contribution in [0.15, 0.2) is 11.1 Å². The average molecular weight is 285 g/mol. The predicted octanol–water partition coefficient (Wildman–Crippen LogP) is 2.18. The van der Waals surface area contributed by atoms with E-state index in [-0.39, 0.29) is 11.8 Å². The second-order valence-electron chi connectivity index (χ2n) is 6.15. The van der Waals surface area contributed by atoms with Crippen LogP contribution < -0.4 is 5.32 Å². The van der Waals surface area contributed by atoms with Gasteiger partial charge in [0.25, 0.3) is 0 Å². The van der Waals surface area contributed by atoms with Gasteiger partial charge in [0.05, 0.1) is 0 Å². The van der Waals surface area contributed by atoms with E-state index in [1.54, 1.807) is 18.7 Å². The van der Waals surface area contributed by atoms with Gasteiger partial charge in [-0.05, 0) is 39.2 Å². The summed E-state index contributed by atoms with van der Waals surface area (Å²) in [5.74, 6) is -0.0381. The highest BCUT2D eigenvalue weighted by molar-refractivity contribution is 6.25. The molecule has 2 amide bonds. The van der Waals surface area contributed by atoms with Gasteiger partial charge in [-0.15, -0.1) is 0 Å². The summed E-state index contributed by atoms with van der Waals surface area (Å²) in [6, 6.07) is 0. The van der Waals surface area contributed by atoms with Gasteiger partial charge >= 0.3 is 0 Å². The van der Waals surface area contributed by atoms with Crippen LogP contribution >= 0.6 is 11.6 Å². The smallest absolute Gasteiger partial charge is 0.249 e. The van der Waals surface area contributed by atoms with Gasteiger partial charge in [0.2, 0.25) is 11.8 Å². The molecule has 1 saturated heterocycles. The van der Waals surface area contributed by atoms with Crippen molar-refractivity contribution >= 4 is 23.4 Å². The van der Waals surface area contributed by atoms with Crippen molar-refractivity contribution in [1.82, 2.24) is 10.2 Å². The number of hydrogen-bond donors (Lipinski definition) is 1. The molecular formula is C14H21ClN2O2. The molecule has 0 atom stereocenters. The third-order valence-corrected chi connectivity index (χ3v) is 4.66. The largest absolute Gasteiger partial charge is 0.340 e. The summed E-state index contributed by atoms with van der Waals surface area (Å²) < 4.78 is 0. The second-order valence-corrected chi connectivity index (χ2v) is 6.37. The van der Waals surface area contributed by atoms with E-state index in [0.29, 0.717) is 6.54 Å². The normalized spacial score (nSPS) is 25.9. The number of rotatable bonds is 2. The van der Waals surface area contributed by atoms with Crippen LogP contribution in [0.3, 0.4) is 0 Å². The van der Waals surface area contributed by atoms with Crippen LogP contribution in [0.2, 0.25) is 0 Å². The number of amides is 2. The fourth-order valence-corrected chi connectivity index (χ4v) is 3.00. The number of nitrogens with one attached hydrogen (secondary N) is 1. The first kappa shape index (κ1) is 14.4. The highest BCUT2D eigenvalue weighted by atomic mass is 35.5. The van der Waals surface area contributed by atoms with Gasteiger partial charge in [-0.2, -0.15) is 0 Å². The fourth-order valence-electron chi connectivity index (χ4n) is 2.93. The van der Waals surface area contributed by atoms with Crippen molar-refractivity contribution < 1.29 is 9.59 Å². The number of hydrogen-bond acceptors (Lipinski definition) is 2. The summed E-state index contributed by atoms with van der Waals surface area (Å²) in [7, 11) is 0. The minimum absolute atomic E-state index is 0.0347. The molecule has 2 fully saturated rings. The molecule has 0 bridgehead atoms. The highest BCUT2D eigenvalue weighted by Crippen LogP contribution is 2.37. The molecule has 0 aromatic heterocycles. The second kappa shape index (κ2) is 4.82. The zero-order valence-electron chi connectivity index (χ0n) is 11.8. The molecule has 4 nitrogen and oxygen atoms in total. The first-order valence-electron chi connectivity index (χ1n) is 6.74. The predicted molar refractivity (Wildman–Crippen MR) is 74.7 cm³/mol. The van der Waals surface area contributed by atoms with E-state index in [1.165, 1.54) is 5.54 Å². The maximum absolute atomic E-state index is 12.8. The SMILES string of the molecule is CC(=CCl)CN1C(=O)C2(CCCC2)NC(=O)C1(C)C. The Morgan fingerprint density at radius 2 is 1.95 bits per heavy atom. The molecule has 0 radical (unpaired) electrons. The van der Waals surface area contributed by atoms with Crippen LogP contribution in [0.1, 0.15) is 46.5 Å². The van der Waals surface area contributed by atoms with Crippen molar-refractivity contribution in [3.05, 3.63) is 11.1 Å². The van der Waals surface area contributed by atoms with Gasteiger partial charge in [-0.3, -0.25) is 9.59 Å². The Kier molecular flexibility index (Phi) is 3.65. The Balaban J connectivity index is 2.35. The molecule has 1 aliphatic carbocycles. The van der Waals surface area contributed by atoms with Gasteiger partial charge < -0.3 is 10.2 Å². The Hall–Kier alpha value is -1.03. The first-order valence-corrected chi connectivity index (χ1v) is 7.18. The van der Waals surface area contributed by atoms with E-state index < -0.39 is 11.1 Å². The zero-order valence-corrected chi connectivity index (χ0v) is 12.5. The maximum atomic E-state index is 12.8. The molecule has 2 aliphatic rings. The van der Waals surface area contributed by atoms with Crippen LogP contribution in [0, 0.1) is 0 Å². The zero-order chi connectivity index (χ0) is 14.3. The monoisotopic (exact) mass is 284 g/mol. The molecule has 1 aliphatic heterocycles. The van der Waals surface area contributed by atoms with E-state index >= 15 is 0 Å². The molecule has 0 aromatic carbocycles. The van der Waals surface area contributed by atoms with Crippen LogP contribution in [-0.4, -0.2) is 34.3 Å². The van der Waals surface area contributed by atoms with Gasteiger partial charge in [0.15, 0.2) is 0 Å². The van der Waals surface area contributed by atoms with Crippen molar-refractivity contribution in [2.24, 2.45) is 0 Å². The Morgan fingerprint density at radius 1 is 1.37 bits per heavy atom. The molecule has 1 saturated carbocycles. The Morgan fingerprint density at radius 3 is 2.47 bits per heavy atom. The lowest BCUT2D eigenvalue weighted by atomic mass is 9.85. The summed E-state index contributed by atoms with van der Waals surface area (Å²) >= 11 is 5.70. The summed E-state index contributed by atoms with van der Waals surface area (Å²) in [6.45, 7) is 5.84. The Bertz CT molecular complexity index is 437. The third-order valence-electron chi connectivity index (χ3n) is 4.29. The van der Waals surface area contributed by atoms with E-state index in [0.717, 1.165) is 31.3 Å². The highest BCUT2D eigenvalue weighted by Gasteiger charge is 2.55. The quantitative estimate of drug-likeness (QED) is 0.845. The molecule has 2 rings (SSSR count). The van der Waals surface area contributed by atoms with E-state index in [9.17, 15) is 9.59 Å². The summed E-state index contributed by atoms with van der Waals surface area (Å²) in [6.07, 6.45) is 3.47. The lowest BCUT2D eigenvalue weighted by Gasteiger charge is -2.49. The molecule has 5 heteroatoms. The lowest BCUT2D eigenvalue weighted by Crippen LogP contribution is -2.73. The molecular weight excluding hydrogens is 264 g/mol. The molecule has 0 unspecified atom stereocenters. The molecule has 1 N–H and O–H groups in total. The molecule has 106 valence electrons. The molecule has 1 heterocycles.